The Hall–Kier alpha value is -1.61. The minimum Gasteiger partial charge on any atom is -0.423 e. The highest BCUT2D eigenvalue weighted by Gasteiger charge is 2.12. The zero-order valence-electron chi connectivity index (χ0n) is 14.1. The Morgan fingerprint density at radius 1 is 1.09 bits per heavy atom. The Bertz CT molecular complexity index is 696. The van der Waals surface area contributed by atoms with Gasteiger partial charge in [-0.15, -0.1) is 0 Å². The van der Waals surface area contributed by atoms with Crippen LogP contribution in [0.1, 0.15) is 63.0 Å². The molecule has 124 valence electrons. The quantitative estimate of drug-likeness (QED) is 0.842. The van der Waals surface area contributed by atoms with E-state index in [9.17, 15) is 4.79 Å². The van der Waals surface area contributed by atoms with Gasteiger partial charge in [-0.05, 0) is 36.5 Å². The van der Waals surface area contributed by atoms with Gasteiger partial charge >= 0.3 is 5.63 Å². The average Bonchev–Trinajstić information content (AvgIpc) is 2.52. The van der Waals surface area contributed by atoms with Crippen molar-refractivity contribution in [2.75, 3.05) is 0 Å². The molecule has 0 spiro atoms. The van der Waals surface area contributed by atoms with E-state index in [2.05, 4.69) is 24.4 Å². The average molecular weight is 313 g/mol. The Kier molecular flexibility index (Phi) is 5.50. The molecule has 1 heterocycles. The van der Waals surface area contributed by atoms with Crippen molar-refractivity contribution in [2.45, 2.75) is 70.9 Å². The third kappa shape index (κ3) is 4.23. The first kappa shape index (κ1) is 16.3. The maximum absolute atomic E-state index is 11.9. The first-order valence-corrected chi connectivity index (χ1v) is 9.05. The maximum atomic E-state index is 11.9. The van der Waals surface area contributed by atoms with E-state index in [1.807, 2.05) is 6.07 Å². The molecule has 0 atom stereocenters. The molecule has 0 saturated heterocycles. The summed E-state index contributed by atoms with van der Waals surface area (Å²) in [6.07, 6.45) is 10.2. The Labute approximate surface area is 138 Å². The van der Waals surface area contributed by atoms with Gasteiger partial charge in [0.05, 0.1) is 0 Å². The summed E-state index contributed by atoms with van der Waals surface area (Å²) in [7, 11) is 0. The molecular weight excluding hydrogens is 286 g/mol. The van der Waals surface area contributed by atoms with E-state index in [1.54, 1.807) is 6.07 Å². The summed E-state index contributed by atoms with van der Waals surface area (Å²) in [5.74, 6) is 0. The van der Waals surface area contributed by atoms with Gasteiger partial charge in [0.15, 0.2) is 0 Å². The summed E-state index contributed by atoms with van der Waals surface area (Å²) >= 11 is 0. The lowest BCUT2D eigenvalue weighted by Gasteiger charge is -2.21. The molecule has 0 aliphatic heterocycles. The van der Waals surface area contributed by atoms with Crippen molar-refractivity contribution in [3.63, 3.8) is 0 Å². The molecule has 3 rings (SSSR count). The van der Waals surface area contributed by atoms with E-state index >= 15 is 0 Å². The topological polar surface area (TPSA) is 42.2 Å². The second-order valence-corrected chi connectivity index (χ2v) is 6.70. The standard InChI is InChI=1S/C20H27NO2/c1-2-15-10-11-18-16(13-20(22)23-19(18)12-15)14-21-17-8-6-4-3-5-7-9-17/h10-13,17,21H,2-9,14H2,1H3. The Morgan fingerprint density at radius 3 is 2.57 bits per heavy atom. The second kappa shape index (κ2) is 7.78. The van der Waals surface area contributed by atoms with Crippen LogP contribution in [-0.2, 0) is 13.0 Å². The summed E-state index contributed by atoms with van der Waals surface area (Å²) in [6, 6.07) is 8.43. The van der Waals surface area contributed by atoms with Crippen LogP contribution in [0.3, 0.4) is 0 Å². The van der Waals surface area contributed by atoms with Crippen molar-refractivity contribution in [1.82, 2.24) is 5.32 Å². The minimum absolute atomic E-state index is 0.250. The lowest BCUT2D eigenvalue weighted by atomic mass is 9.96. The molecule has 23 heavy (non-hydrogen) atoms. The van der Waals surface area contributed by atoms with E-state index in [0.717, 1.165) is 23.9 Å². The highest BCUT2D eigenvalue weighted by Crippen LogP contribution is 2.21. The van der Waals surface area contributed by atoms with Crippen molar-refractivity contribution in [3.05, 3.63) is 45.8 Å². The van der Waals surface area contributed by atoms with Gasteiger partial charge in [0.2, 0.25) is 0 Å². The number of hydrogen-bond donors (Lipinski definition) is 1. The van der Waals surface area contributed by atoms with Crippen molar-refractivity contribution in [1.29, 1.82) is 0 Å². The van der Waals surface area contributed by atoms with Crippen LogP contribution in [0.5, 0.6) is 0 Å². The van der Waals surface area contributed by atoms with Crippen LogP contribution in [0.25, 0.3) is 11.0 Å². The molecular formula is C20H27NO2. The maximum Gasteiger partial charge on any atom is 0.336 e. The van der Waals surface area contributed by atoms with Gasteiger partial charge in [0, 0.05) is 24.0 Å². The van der Waals surface area contributed by atoms with Crippen LogP contribution < -0.4 is 10.9 Å². The predicted molar refractivity (Wildman–Crippen MR) is 94.8 cm³/mol. The van der Waals surface area contributed by atoms with Crippen LogP contribution in [0.15, 0.2) is 33.5 Å². The van der Waals surface area contributed by atoms with Crippen molar-refractivity contribution in [2.24, 2.45) is 0 Å². The third-order valence-electron chi connectivity index (χ3n) is 4.99. The molecule has 3 nitrogen and oxygen atoms in total. The molecule has 1 N–H and O–H groups in total. The van der Waals surface area contributed by atoms with Crippen molar-refractivity contribution < 1.29 is 4.42 Å². The van der Waals surface area contributed by atoms with Gasteiger partial charge in [0.25, 0.3) is 0 Å². The number of fused-ring (bicyclic) bond motifs is 1. The second-order valence-electron chi connectivity index (χ2n) is 6.70. The van der Waals surface area contributed by atoms with Gasteiger partial charge in [-0.3, -0.25) is 0 Å². The fourth-order valence-corrected chi connectivity index (χ4v) is 3.56. The van der Waals surface area contributed by atoms with E-state index in [-0.39, 0.29) is 5.63 Å². The van der Waals surface area contributed by atoms with Gasteiger partial charge in [-0.1, -0.05) is 51.2 Å². The monoisotopic (exact) mass is 313 g/mol. The van der Waals surface area contributed by atoms with Crippen LogP contribution in [-0.4, -0.2) is 6.04 Å². The lowest BCUT2D eigenvalue weighted by molar-refractivity contribution is 0.389. The number of benzene rings is 1. The fourth-order valence-electron chi connectivity index (χ4n) is 3.56. The number of hydrogen-bond acceptors (Lipinski definition) is 3. The molecule has 0 radical (unpaired) electrons. The Balaban J connectivity index is 1.77. The van der Waals surface area contributed by atoms with E-state index in [0.29, 0.717) is 11.6 Å². The molecule has 1 aliphatic carbocycles. The summed E-state index contributed by atoms with van der Waals surface area (Å²) < 4.78 is 5.39. The zero-order valence-corrected chi connectivity index (χ0v) is 14.1. The molecule has 1 aromatic carbocycles. The van der Waals surface area contributed by atoms with E-state index < -0.39 is 0 Å². The number of rotatable bonds is 4. The van der Waals surface area contributed by atoms with Gasteiger partial charge in [-0.25, -0.2) is 4.79 Å². The smallest absolute Gasteiger partial charge is 0.336 e. The molecule has 2 aromatic rings. The van der Waals surface area contributed by atoms with E-state index in [1.165, 1.54) is 50.5 Å². The largest absolute Gasteiger partial charge is 0.423 e. The fraction of sp³-hybridized carbons (Fsp3) is 0.550. The van der Waals surface area contributed by atoms with Gasteiger partial charge < -0.3 is 9.73 Å². The molecule has 1 fully saturated rings. The molecule has 0 unspecified atom stereocenters. The summed E-state index contributed by atoms with van der Waals surface area (Å²) in [5.41, 5.74) is 2.72. The van der Waals surface area contributed by atoms with Crippen molar-refractivity contribution >= 4 is 11.0 Å². The van der Waals surface area contributed by atoms with Gasteiger partial charge in [-0.2, -0.15) is 0 Å². The van der Waals surface area contributed by atoms with Crippen LogP contribution in [0.2, 0.25) is 0 Å². The molecule has 1 aliphatic rings. The normalized spacial score (nSPS) is 17.1. The zero-order chi connectivity index (χ0) is 16.1. The summed E-state index contributed by atoms with van der Waals surface area (Å²) in [6.45, 7) is 2.86. The minimum atomic E-state index is -0.250. The van der Waals surface area contributed by atoms with Crippen LogP contribution in [0.4, 0.5) is 0 Å². The Morgan fingerprint density at radius 2 is 1.83 bits per heavy atom. The first-order chi connectivity index (χ1) is 11.3. The number of aryl methyl sites for hydroxylation is 1. The molecule has 1 aromatic heterocycles. The van der Waals surface area contributed by atoms with Gasteiger partial charge in [0.1, 0.15) is 5.58 Å². The van der Waals surface area contributed by atoms with Crippen LogP contribution >= 0.6 is 0 Å². The molecule has 3 heteroatoms. The molecule has 0 amide bonds. The summed E-state index contributed by atoms with van der Waals surface area (Å²) in [5, 5.41) is 4.73. The van der Waals surface area contributed by atoms with Crippen molar-refractivity contribution in [3.8, 4) is 0 Å². The number of nitrogens with one attached hydrogen (secondary N) is 1. The highest BCUT2D eigenvalue weighted by molar-refractivity contribution is 5.80. The lowest BCUT2D eigenvalue weighted by Crippen LogP contribution is -2.29. The highest BCUT2D eigenvalue weighted by atomic mass is 16.4. The first-order valence-electron chi connectivity index (χ1n) is 9.05. The van der Waals surface area contributed by atoms with Crippen LogP contribution in [0, 0.1) is 0 Å². The SMILES string of the molecule is CCc1ccc2c(CNC3CCCCCCC3)cc(=O)oc2c1. The van der Waals surface area contributed by atoms with E-state index in [4.69, 9.17) is 4.42 Å². The molecule has 0 bridgehead atoms. The molecule has 1 saturated carbocycles. The summed E-state index contributed by atoms with van der Waals surface area (Å²) in [4.78, 5) is 11.9. The predicted octanol–water partition coefficient (Wildman–Crippen LogP) is 4.56. The third-order valence-corrected chi connectivity index (χ3v) is 4.99.